The van der Waals surface area contributed by atoms with Crippen molar-refractivity contribution in [1.82, 2.24) is 0 Å². The van der Waals surface area contributed by atoms with Crippen molar-refractivity contribution < 1.29 is 9.84 Å². The summed E-state index contributed by atoms with van der Waals surface area (Å²) in [6.45, 7) is 24.6. The summed E-state index contributed by atoms with van der Waals surface area (Å²) in [6, 6.07) is 0. The van der Waals surface area contributed by atoms with Gasteiger partial charge in [-0.25, -0.2) is 0 Å². The molecule has 2 heteroatoms. The molecule has 0 aromatic carbocycles. The third kappa shape index (κ3) is 1110. The lowest BCUT2D eigenvalue weighted by molar-refractivity contribution is 0.135. The van der Waals surface area contributed by atoms with Gasteiger partial charge in [0.1, 0.15) is 0 Å². The zero-order valence-electron chi connectivity index (χ0n) is 8.93. The van der Waals surface area contributed by atoms with E-state index in [0.717, 1.165) is 0 Å². The van der Waals surface area contributed by atoms with E-state index in [4.69, 9.17) is 5.11 Å². The van der Waals surface area contributed by atoms with Gasteiger partial charge in [0.25, 0.3) is 0 Å². The van der Waals surface area contributed by atoms with Crippen LogP contribution >= 0.6 is 0 Å². The normalized spacial score (nSPS) is 4.46. The molecule has 0 saturated carbocycles. The minimum atomic E-state index is 0.122. The lowest BCUT2D eigenvalue weighted by Crippen LogP contribution is -1.91. The van der Waals surface area contributed by atoms with Gasteiger partial charge in [-0.15, -0.1) is 52.6 Å². The van der Waals surface area contributed by atoms with E-state index in [9.17, 15) is 0 Å². The molecule has 0 aromatic heterocycles. The third-order valence-electron chi connectivity index (χ3n) is 0.295. The fraction of sp³-hybridized carbons (Fsp3) is 0.273. The molecule has 0 radical (unpaired) electrons. The van der Waals surface area contributed by atoms with E-state index in [1.807, 2.05) is 0 Å². The second-order valence-electron chi connectivity index (χ2n) is 0.716. The number of hydrogen-bond donors (Lipinski definition) is 1. The van der Waals surface area contributed by atoms with Crippen LogP contribution in [0.3, 0.4) is 0 Å². The number of ether oxygens (including phenoxy) is 1. The Morgan fingerprint density at radius 1 is 0.846 bits per heavy atom. The van der Waals surface area contributed by atoms with Crippen molar-refractivity contribution in [3.8, 4) is 0 Å². The number of methoxy groups -OCH3 is 1. The summed E-state index contributed by atoms with van der Waals surface area (Å²) < 4.78 is 4.44. The second kappa shape index (κ2) is 300. The summed E-state index contributed by atoms with van der Waals surface area (Å²) in [6.07, 6.45) is 0. The highest BCUT2D eigenvalue weighted by Crippen LogP contribution is 1.56. The van der Waals surface area contributed by atoms with Crippen molar-refractivity contribution >= 4 is 0 Å². The average molecular weight is 188 g/mol. The minimum Gasteiger partial charge on any atom is -0.394 e. The van der Waals surface area contributed by atoms with Crippen LogP contribution in [0.4, 0.5) is 0 Å². The molecule has 0 aliphatic carbocycles. The largest absolute Gasteiger partial charge is 0.394 e. The van der Waals surface area contributed by atoms with Crippen LogP contribution in [0.2, 0.25) is 0 Å². The Morgan fingerprint density at radius 2 is 1.08 bits per heavy atom. The van der Waals surface area contributed by atoms with Crippen molar-refractivity contribution in [1.29, 1.82) is 0 Å². The van der Waals surface area contributed by atoms with Gasteiger partial charge in [-0.2, -0.15) is 0 Å². The van der Waals surface area contributed by atoms with Crippen LogP contribution in [0.1, 0.15) is 0 Å². The molecule has 0 aliphatic rings. The monoisotopic (exact) mass is 188 g/mol. The molecule has 1 N–H and O–H groups in total. The zero-order chi connectivity index (χ0) is 12.1. The lowest BCUT2D eigenvalue weighted by atomic mass is 10.8. The van der Waals surface area contributed by atoms with Crippen LogP contribution in [0, 0.1) is 0 Å². The molecule has 0 heterocycles. The van der Waals surface area contributed by atoms with Crippen molar-refractivity contribution in [3.63, 3.8) is 0 Å². The smallest absolute Gasteiger partial charge is 0.0693 e. The molecule has 0 unspecified atom stereocenters. The van der Waals surface area contributed by atoms with Crippen LogP contribution < -0.4 is 0 Å². The highest BCUT2D eigenvalue weighted by atomic mass is 16.5. The predicted molar refractivity (Wildman–Crippen MR) is 64.0 cm³/mol. The Morgan fingerprint density at radius 3 is 1.08 bits per heavy atom. The maximum atomic E-state index is 7.94. The van der Waals surface area contributed by atoms with Gasteiger partial charge in [0.15, 0.2) is 0 Å². The van der Waals surface area contributed by atoms with E-state index in [1.165, 1.54) is 0 Å². The summed E-state index contributed by atoms with van der Waals surface area (Å²) in [5, 5.41) is 7.94. The van der Waals surface area contributed by atoms with Gasteiger partial charge in [-0.3, -0.25) is 0 Å². The standard InChI is InChI=1S/C3H8O2.4C2H4/c1-5-3-2-4;4*1-2/h4H,2-3H2,1H3;4*1-2H2. The highest BCUT2D eigenvalue weighted by Gasteiger charge is 1.67. The van der Waals surface area contributed by atoms with E-state index in [0.29, 0.717) is 6.61 Å². The van der Waals surface area contributed by atoms with Gasteiger partial charge in [0.2, 0.25) is 0 Å². The first-order chi connectivity index (χ1) is 6.41. The maximum Gasteiger partial charge on any atom is 0.0693 e. The summed E-state index contributed by atoms with van der Waals surface area (Å²) in [5.74, 6) is 0. The Bertz CT molecular complexity index is 37.4. The van der Waals surface area contributed by atoms with Gasteiger partial charge in [-0.05, 0) is 0 Å². The van der Waals surface area contributed by atoms with E-state index in [2.05, 4.69) is 57.4 Å². The van der Waals surface area contributed by atoms with Crippen molar-refractivity contribution in [2.24, 2.45) is 0 Å². The Hall–Kier alpha value is -1.12. The molecule has 2 nitrogen and oxygen atoms in total. The average Bonchev–Trinajstić information content (AvgIpc) is 2.30. The van der Waals surface area contributed by atoms with E-state index >= 15 is 0 Å². The molecular formula is C11H24O2. The molecule has 0 fully saturated rings. The Labute approximate surface area is 83.6 Å². The fourth-order valence-corrected chi connectivity index (χ4v) is 0.0913. The first-order valence-electron chi connectivity index (χ1n) is 3.51. The summed E-state index contributed by atoms with van der Waals surface area (Å²) in [4.78, 5) is 0. The number of rotatable bonds is 2. The second-order valence-corrected chi connectivity index (χ2v) is 0.716. The van der Waals surface area contributed by atoms with Gasteiger partial charge in [-0.1, -0.05) is 0 Å². The van der Waals surface area contributed by atoms with Gasteiger partial charge in [0.05, 0.1) is 13.2 Å². The van der Waals surface area contributed by atoms with Crippen molar-refractivity contribution in [2.45, 2.75) is 0 Å². The zero-order valence-corrected chi connectivity index (χ0v) is 8.93. The predicted octanol–water partition coefficient (Wildman–Crippen LogP) is 2.83. The van der Waals surface area contributed by atoms with Crippen molar-refractivity contribution in [2.75, 3.05) is 20.3 Å². The van der Waals surface area contributed by atoms with Crippen LogP contribution in [-0.2, 0) is 4.74 Å². The fourth-order valence-electron chi connectivity index (χ4n) is 0.0913. The molecule has 80 valence electrons. The number of aliphatic hydroxyl groups is 1. The minimum absolute atomic E-state index is 0.122. The summed E-state index contributed by atoms with van der Waals surface area (Å²) in [5.41, 5.74) is 0. The summed E-state index contributed by atoms with van der Waals surface area (Å²) in [7, 11) is 1.55. The first kappa shape index (κ1) is 29.7. The van der Waals surface area contributed by atoms with E-state index in [1.54, 1.807) is 7.11 Å². The van der Waals surface area contributed by atoms with Crippen LogP contribution in [0.5, 0.6) is 0 Å². The van der Waals surface area contributed by atoms with E-state index < -0.39 is 0 Å². The number of aliphatic hydroxyl groups excluding tert-OH is 1. The van der Waals surface area contributed by atoms with Crippen molar-refractivity contribution in [3.05, 3.63) is 52.6 Å². The van der Waals surface area contributed by atoms with Crippen LogP contribution in [-0.4, -0.2) is 25.4 Å². The third-order valence-corrected chi connectivity index (χ3v) is 0.295. The molecule has 0 saturated heterocycles. The molecule has 0 amide bonds. The van der Waals surface area contributed by atoms with E-state index in [-0.39, 0.29) is 6.61 Å². The van der Waals surface area contributed by atoms with Gasteiger partial charge < -0.3 is 9.84 Å². The molecule has 0 aliphatic heterocycles. The molecule has 0 atom stereocenters. The SMILES string of the molecule is C=C.C=C.C=C.C=C.COCCO. The quantitative estimate of drug-likeness (QED) is 0.675. The lowest BCUT2D eigenvalue weighted by Gasteiger charge is -1.84. The molecular weight excluding hydrogens is 164 g/mol. The Balaban J connectivity index is -0.0000000230. The maximum absolute atomic E-state index is 7.94. The molecule has 0 spiro atoms. The summed E-state index contributed by atoms with van der Waals surface area (Å²) >= 11 is 0. The van der Waals surface area contributed by atoms with Crippen LogP contribution in [0.15, 0.2) is 52.6 Å². The Kier molecular flexibility index (Phi) is 687. The first-order valence-corrected chi connectivity index (χ1v) is 3.51. The molecule has 0 rings (SSSR count). The molecule has 13 heavy (non-hydrogen) atoms. The highest BCUT2D eigenvalue weighted by molar-refractivity contribution is 4.23. The molecule has 0 bridgehead atoms. The van der Waals surface area contributed by atoms with Gasteiger partial charge >= 0.3 is 0 Å². The number of hydrogen-bond acceptors (Lipinski definition) is 2. The molecule has 0 aromatic rings. The van der Waals surface area contributed by atoms with Crippen LogP contribution in [0.25, 0.3) is 0 Å². The topological polar surface area (TPSA) is 29.5 Å². The van der Waals surface area contributed by atoms with Gasteiger partial charge in [0, 0.05) is 7.11 Å².